The van der Waals surface area contributed by atoms with Crippen LogP contribution in [0.25, 0.3) is 0 Å². The number of amides is 1. The molecule has 0 aromatic heterocycles. The second-order valence-electron chi connectivity index (χ2n) is 2.94. The molecule has 0 saturated carbocycles. The minimum absolute atomic E-state index is 0.440. The Hall–Kier alpha value is -1.45. The van der Waals surface area contributed by atoms with Gasteiger partial charge in [0, 0.05) is 5.71 Å². The van der Waals surface area contributed by atoms with Gasteiger partial charge in [0.2, 0.25) is 0 Å². The van der Waals surface area contributed by atoms with Crippen LogP contribution in [0.15, 0.2) is 16.6 Å². The summed E-state index contributed by atoms with van der Waals surface area (Å²) in [6.07, 6.45) is 1.71. The molecule has 0 bridgehead atoms. The lowest BCUT2D eigenvalue weighted by Gasteiger charge is -2.15. The maximum absolute atomic E-state index is 11.3. The first-order valence-electron chi connectivity index (χ1n) is 3.91. The van der Waals surface area contributed by atoms with Gasteiger partial charge in [0.05, 0.1) is 7.11 Å². The maximum atomic E-state index is 11.3. The highest BCUT2D eigenvalue weighted by Crippen LogP contribution is 2.18. The Morgan fingerprint density at radius 2 is 2.15 bits per heavy atom. The van der Waals surface area contributed by atoms with E-state index >= 15 is 0 Å². The van der Waals surface area contributed by atoms with Crippen LogP contribution in [0.3, 0.4) is 0 Å². The molecule has 13 heavy (non-hydrogen) atoms. The molecule has 0 radical (unpaired) electrons. The highest BCUT2D eigenvalue weighted by atomic mass is 16.5. The molecule has 4 nitrogen and oxygen atoms in total. The van der Waals surface area contributed by atoms with Crippen molar-refractivity contribution in [1.82, 2.24) is 0 Å². The third kappa shape index (κ3) is 1.83. The zero-order chi connectivity index (χ0) is 10.0. The van der Waals surface area contributed by atoms with E-state index < -0.39 is 17.8 Å². The van der Waals surface area contributed by atoms with Crippen LogP contribution in [0, 0.1) is 5.92 Å². The smallest absolute Gasteiger partial charge is 0.322 e. The number of hydrogen-bond acceptors (Lipinski definition) is 3. The van der Waals surface area contributed by atoms with E-state index in [-0.39, 0.29) is 0 Å². The molecule has 1 amide bonds. The van der Waals surface area contributed by atoms with Crippen LogP contribution >= 0.6 is 0 Å². The first-order valence-corrected chi connectivity index (χ1v) is 3.91. The number of methoxy groups -OCH3 is 1. The molecule has 1 unspecified atom stereocenters. The van der Waals surface area contributed by atoms with Gasteiger partial charge in [-0.2, -0.15) is 0 Å². The average molecular weight is 181 g/mol. The van der Waals surface area contributed by atoms with Gasteiger partial charge >= 0.3 is 5.97 Å². The summed E-state index contributed by atoms with van der Waals surface area (Å²) >= 11 is 0. The zero-order valence-corrected chi connectivity index (χ0v) is 7.83. The van der Waals surface area contributed by atoms with Crippen LogP contribution < -0.4 is 0 Å². The number of rotatable bonds is 1. The number of nitrogens with zero attached hydrogens (tertiary/aromatic N) is 1. The Kier molecular flexibility index (Phi) is 2.60. The number of allylic oxidation sites excluding steroid dienone is 1. The van der Waals surface area contributed by atoms with Crippen molar-refractivity contribution < 1.29 is 14.3 Å². The number of dihydropyridines is 1. The molecular weight excluding hydrogens is 170 g/mol. The first-order chi connectivity index (χ1) is 6.06. The minimum atomic E-state index is -0.839. The molecule has 0 spiro atoms. The van der Waals surface area contributed by atoms with Crippen LogP contribution in [0.4, 0.5) is 0 Å². The predicted octanol–water partition coefficient (Wildman–Crippen LogP) is 0.723. The van der Waals surface area contributed by atoms with E-state index in [9.17, 15) is 9.59 Å². The topological polar surface area (TPSA) is 55.7 Å². The van der Waals surface area contributed by atoms with Gasteiger partial charge in [-0.25, -0.2) is 4.99 Å². The molecule has 1 heterocycles. The van der Waals surface area contributed by atoms with Crippen molar-refractivity contribution in [3.63, 3.8) is 0 Å². The van der Waals surface area contributed by atoms with Crippen LogP contribution in [-0.4, -0.2) is 24.7 Å². The van der Waals surface area contributed by atoms with Gasteiger partial charge in [-0.3, -0.25) is 9.59 Å². The van der Waals surface area contributed by atoms with Gasteiger partial charge in [-0.15, -0.1) is 0 Å². The summed E-state index contributed by atoms with van der Waals surface area (Å²) in [4.78, 5) is 26.1. The van der Waals surface area contributed by atoms with Crippen LogP contribution in [0.5, 0.6) is 0 Å². The largest absolute Gasteiger partial charge is 0.468 e. The molecule has 1 aliphatic heterocycles. The summed E-state index contributed by atoms with van der Waals surface area (Å²) in [6, 6.07) is 0. The van der Waals surface area contributed by atoms with E-state index in [2.05, 4.69) is 9.73 Å². The number of esters is 1. The second-order valence-corrected chi connectivity index (χ2v) is 2.94. The summed E-state index contributed by atoms with van der Waals surface area (Å²) in [5, 5.41) is 0. The second kappa shape index (κ2) is 3.51. The third-order valence-corrected chi connectivity index (χ3v) is 1.86. The lowest BCUT2D eigenvalue weighted by atomic mass is 9.96. The highest BCUT2D eigenvalue weighted by Gasteiger charge is 2.31. The summed E-state index contributed by atoms with van der Waals surface area (Å²) in [6.45, 7) is 3.44. The molecule has 1 rings (SSSR count). The van der Waals surface area contributed by atoms with Gasteiger partial charge in [0.1, 0.15) is 0 Å². The summed E-state index contributed by atoms with van der Waals surface area (Å²) in [5.74, 6) is -1.83. The molecule has 1 atom stereocenters. The van der Waals surface area contributed by atoms with Gasteiger partial charge in [0.25, 0.3) is 5.91 Å². The number of carbonyl (C=O) groups excluding carboxylic acids is 2. The molecule has 0 aromatic rings. The van der Waals surface area contributed by atoms with Crippen molar-refractivity contribution in [1.29, 1.82) is 0 Å². The Balaban J connectivity index is 2.97. The van der Waals surface area contributed by atoms with E-state index in [1.165, 1.54) is 7.11 Å². The predicted molar refractivity (Wildman–Crippen MR) is 47.4 cm³/mol. The first kappa shape index (κ1) is 9.64. The molecule has 0 fully saturated rings. The Morgan fingerprint density at radius 3 is 2.62 bits per heavy atom. The summed E-state index contributed by atoms with van der Waals surface area (Å²) in [5.41, 5.74) is 1.31. The fourth-order valence-corrected chi connectivity index (χ4v) is 1.28. The fraction of sp³-hybridized carbons (Fsp3) is 0.444. The van der Waals surface area contributed by atoms with E-state index in [0.717, 1.165) is 0 Å². The minimum Gasteiger partial charge on any atom is -0.468 e. The van der Waals surface area contributed by atoms with E-state index in [4.69, 9.17) is 0 Å². The molecule has 70 valence electrons. The van der Waals surface area contributed by atoms with E-state index in [1.54, 1.807) is 19.9 Å². The van der Waals surface area contributed by atoms with Gasteiger partial charge in [0.15, 0.2) is 5.92 Å². The molecule has 1 aliphatic rings. The molecule has 0 aliphatic carbocycles. The number of aliphatic imine (C=N–C) groups is 1. The van der Waals surface area contributed by atoms with Gasteiger partial charge < -0.3 is 4.74 Å². The van der Waals surface area contributed by atoms with Crippen molar-refractivity contribution in [2.45, 2.75) is 13.8 Å². The quantitative estimate of drug-likeness (QED) is 0.442. The van der Waals surface area contributed by atoms with Crippen molar-refractivity contribution in [2.75, 3.05) is 7.11 Å². The number of ether oxygens (including phenoxy) is 1. The van der Waals surface area contributed by atoms with Crippen molar-refractivity contribution in [2.24, 2.45) is 10.9 Å². The summed E-state index contributed by atoms with van der Waals surface area (Å²) < 4.78 is 4.50. The van der Waals surface area contributed by atoms with Crippen LogP contribution in [0.2, 0.25) is 0 Å². The van der Waals surface area contributed by atoms with Crippen molar-refractivity contribution in [3.8, 4) is 0 Å². The van der Waals surface area contributed by atoms with Crippen molar-refractivity contribution >= 4 is 17.6 Å². The van der Waals surface area contributed by atoms with E-state index in [0.29, 0.717) is 11.3 Å². The summed E-state index contributed by atoms with van der Waals surface area (Å²) in [7, 11) is 1.26. The molecule has 0 saturated heterocycles. The monoisotopic (exact) mass is 181 g/mol. The van der Waals surface area contributed by atoms with Crippen LogP contribution in [-0.2, 0) is 14.3 Å². The third-order valence-electron chi connectivity index (χ3n) is 1.86. The Bertz CT molecular complexity index is 315. The fourth-order valence-electron chi connectivity index (χ4n) is 1.28. The Labute approximate surface area is 76.3 Å². The molecule has 4 heteroatoms. The zero-order valence-electron chi connectivity index (χ0n) is 7.83. The molecular formula is C9H11NO3. The van der Waals surface area contributed by atoms with Gasteiger partial charge in [-0.1, -0.05) is 0 Å². The standard InChI is InChI=1S/C9H11NO3/c1-5-4-6(2)10-8(11)7(5)9(12)13-3/h4,7H,1-3H3. The number of carbonyl (C=O) groups is 2. The maximum Gasteiger partial charge on any atom is 0.322 e. The average Bonchev–Trinajstić information content (AvgIpc) is 2.02. The highest BCUT2D eigenvalue weighted by molar-refractivity contribution is 6.12. The lowest BCUT2D eigenvalue weighted by molar-refractivity contribution is -0.147. The Morgan fingerprint density at radius 1 is 1.54 bits per heavy atom. The molecule has 0 N–H and O–H groups in total. The van der Waals surface area contributed by atoms with Gasteiger partial charge in [-0.05, 0) is 25.5 Å². The van der Waals surface area contributed by atoms with Crippen molar-refractivity contribution in [3.05, 3.63) is 11.6 Å². The normalized spacial score (nSPS) is 22.1. The van der Waals surface area contributed by atoms with E-state index in [1.807, 2.05) is 0 Å². The van der Waals surface area contributed by atoms with Crippen LogP contribution in [0.1, 0.15) is 13.8 Å². The molecule has 0 aromatic carbocycles. The number of hydrogen-bond donors (Lipinski definition) is 0. The SMILES string of the molecule is COC(=O)C1C(=O)N=C(C)C=C1C. The lowest BCUT2D eigenvalue weighted by Crippen LogP contribution is -2.28.